The van der Waals surface area contributed by atoms with Crippen molar-refractivity contribution < 1.29 is 0 Å². The largest absolute Gasteiger partial charge is 0.0998 e. The van der Waals surface area contributed by atoms with E-state index in [2.05, 4.69) is 34.3 Å². The van der Waals surface area contributed by atoms with Crippen molar-refractivity contribution in [3.63, 3.8) is 0 Å². The molecule has 0 nitrogen and oxygen atoms in total. The van der Waals surface area contributed by atoms with E-state index in [1.54, 1.807) is 5.57 Å². The summed E-state index contributed by atoms with van der Waals surface area (Å²) in [6, 6.07) is 0. The molecule has 0 radical (unpaired) electrons. The second-order valence-electron chi connectivity index (χ2n) is 9.17. The molecule has 4 atom stereocenters. The van der Waals surface area contributed by atoms with Crippen LogP contribution in [0.15, 0.2) is 12.2 Å². The molecule has 0 amide bonds. The van der Waals surface area contributed by atoms with E-state index in [4.69, 9.17) is 0 Å². The quantitative estimate of drug-likeness (QED) is 0.488. The summed E-state index contributed by atoms with van der Waals surface area (Å²) in [5, 5.41) is 0. The summed E-state index contributed by atoms with van der Waals surface area (Å²) in [5.41, 5.74) is 3.33. The van der Waals surface area contributed by atoms with Gasteiger partial charge in [0, 0.05) is 0 Å². The van der Waals surface area contributed by atoms with E-state index >= 15 is 0 Å². The summed E-state index contributed by atoms with van der Waals surface area (Å²) in [7, 11) is 0. The Bertz CT molecular complexity index is 404. The van der Waals surface area contributed by atoms with Gasteiger partial charge in [-0.15, -0.1) is 0 Å². The van der Waals surface area contributed by atoms with E-state index in [1.807, 2.05) is 0 Å². The van der Waals surface area contributed by atoms with E-state index in [1.165, 1.54) is 57.8 Å². The molecule has 3 fully saturated rings. The molecule has 0 aliphatic heterocycles. The minimum atomic E-state index is 0.571. The van der Waals surface area contributed by atoms with Gasteiger partial charge in [-0.3, -0.25) is 0 Å². The van der Waals surface area contributed by atoms with Crippen molar-refractivity contribution in [1.29, 1.82) is 0 Å². The molecule has 0 aromatic carbocycles. The Morgan fingerprint density at radius 3 is 2.50 bits per heavy atom. The number of allylic oxidation sites excluding steroid dienone is 1. The fourth-order valence-electron chi connectivity index (χ4n) is 6.94. The molecule has 3 aliphatic rings. The molecule has 0 heteroatoms. The predicted molar refractivity (Wildman–Crippen MR) is 87.7 cm³/mol. The maximum atomic E-state index is 4.35. The highest BCUT2D eigenvalue weighted by Gasteiger charge is 2.59. The molecule has 114 valence electrons. The van der Waals surface area contributed by atoms with Crippen molar-refractivity contribution in [3.05, 3.63) is 12.2 Å². The van der Waals surface area contributed by atoms with E-state index in [9.17, 15) is 0 Å². The second kappa shape index (κ2) is 4.62. The Kier molecular flexibility index (Phi) is 3.39. The summed E-state index contributed by atoms with van der Waals surface area (Å²) >= 11 is 0. The molecule has 3 aliphatic carbocycles. The van der Waals surface area contributed by atoms with E-state index in [0.717, 1.165) is 11.8 Å². The normalized spacial score (nSPS) is 47.5. The smallest absolute Gasteiger partial charge is 0.0229 e. The Labute approximate surface area is 126 Å². The molecule has 0 heterocycles. The van der Waals surface area contributed by atoms with Crippen LogP contribution in [0.3, 0.4) is 0 Å². The molecule has 2 unspecified atom stereocenters. The third-order valence-electron chi connectivity index (χ3n) is 7.83. The summed E-state index contributed by atoms with van der Waals surface area (Å²) in [4.78, 5) is 0. The third-order valence-corrected chi connectivity index (χ3v) is 7.83. The maximum Gasteiger partial charge on any atom is -0.0229 e. The molecule has 0 saturated heterocycles. The number of rotatable bonds is 1. The highest BCUT2D eigenvalue weighted by Crippen LogP contribution is 2.68. The second-order valence-corrected chi connectivity index (χ2v) is 9.17. The number of hydrogen-bond acceptors (Lipinski definition) is 0. The Morgan fingerprint density at radius 2 is 1.80 bits per heavy atom. The van der Waals surface area contributed by atoms with Gasteiger partial charge < -0.3 is 0 Å². The van der Waals surface area contributed by atoms with Crippen LogP contribution < -0.4 is 0 Å². The SMILES string of the molecule is C=C1CCC2[C@](CC)(CCC3C(C)(C)CCC[C@]32C)C1. The van der Waals surface area contributed by atoms with Gasteiger partial charge in [-0.05, 0) is 79.4 Å². The molecule has 0 spiro atoms. The van der Waals surface area contributed by atoms with Gasteiger partial charge in [-0.1, -0.05) is 46.3 Å². The van der Waals surface area contributed by atoms with Gasteiger partial charge in [0.15, 0.2) is 0 Å². The molecule has 0 N–H and O–H groups in total. The summed E-state index contributed by atoms with van der Waals surface area (Å²) in [6.07, 6.45) is 12.8. The molecule has 0 aromatic rings. The molecular weight excluding hydrogens is 240 g/mol. The van der Waals surface area contributed by atoms with Crippen LogP contribution >= 0.6 is 0 Å². The van der Waals surface area contributed by atoms with Crippen molar-refractivity contribution in [1.82, 2.24) is 0 Å². The van der Waals surface area contributed by atoms with E-state index in [0.29, 0.717) is 16.2 Å². The Morgan fingerprint density at radius 1 is 1.05 bits per heavy atom. The van der Waals surface area contributed by atoms with Gasteiger partial charge >= 0.3 is 0 Å². The molecule has 20 heavy (non-hydrogen) atoms. The van der Waals surface area contributed by atoms with Crippen molar-refractivity contribution in [2.75, 3.05) is 0 Å². The zero-order valence-electron chi connectivity index (χ0n) is 14.2. The third kappa shape index (κ3) is 1.93. The zero-order chi connectivity index (χ0) is 14.6. The molecule has 0 aromatic heterocycles. The summed E-state index contributed by atoms with van der Waals surface area (Å²) in [5.74, 6) is 1.92. The van der Waals surface area contributed by atoms with Crippen LogP contribution in [0, 0.1) is 28.1 Å². The van der Waals surface area contributed by atoms with Crippen LogP contribution in [-0.2, 0) is 0 Å². The molecule has 3 rings (SSSR count). The lowest BCUT2D eigenvalue weighted by Gasteiger charge is -2.65. The first-order chi connectivity index (χ1) is 9.34. The van der Waals surface area contributed by atoms with Gasteiger partial charge in [0.2, 0.25) is 0 Å². The lowest BCUT2D eigenvalue weighted by atomic mass is 9.40. The summed E-state index contributed by atoms with van der Waals surface area (Å²) < 4.78 is 0. The first-order valence-corrected chi connectivity index (χ1v) is 9.01. The minimum absolute atomic E-state index is 0.571. The standard InChI is InChI=1S/C20H34/c1-6-20-13-10-16-18(3,4)11-7-12-19(16,5)17(20)9-8-15(2)14-20/h16-17H,2,6-14H2,1,3-5H3/t16?,17?,19-,20-/m1/s1. The molecule has 0 bridgehead atoms. The van der Waals surface area contributed by atoms with Crippen LogP contribution in [0.5, 0.6) is 0 Å². The average Bonchev–Trinajstić information content (AvgIpc) is 2.37. The molecular formula is C20H34. The Balaban J connectivity index is 1.99. The van der Waals surface area contributed by atoms with Crippen molar-refractivity contribution in [2.45, 2.75) is 85.5 Å². The summed E-state index contributed by atoms with van der Waals surface area (Å²) in [6.45, 7) is 14.6. The predicted octanol–water partition coefficient (Wildman–Crippen LogP) is 6.37. The maximum absolute atomic E-state index is 4.35. The highest BCUT2D eigenvalue weighted by atomic mass is 14.6. The van der Waals surface area contributed by atoms with Crippen LogP contribution in [0.25, 0.3) is 0 Å². The van der Waals surface area contributed by atoms with Crippen molar-refractivity contribution >= 4 is 0 Å². The van der Waals surface area contributed by atoms with Gasteiger partial charge in [-0.25, -0.2) is 0 Å². The minimum Gasteiger partial charge on any atom is -0.0998 e. The topological polar surface area (TPSA) is 0 Å². The van der Waals surface area contributed by atoms with Gasteiger partial charge in [0.1, 0.15) is 0 Å². The lowest BCUT2D eigenvalue weighted by Crippen LogP contribution is -2.56. The van der Waals surface area contributed by atoms with Gasteiger partial charge in [0.05, 0.1) is 0 Å². The van der Waals surface area contributed by atoms with Crippen molar-refractivity contribution in [3.8, 4) is 0 Å². The Hall–Kier alpha value is -0.260. The van der Waals surface area contributed by atoms with E-state index in [-0.39, 0.29) is 0 Å². The van der Waals surface area contributed by atoms with E-state index < -0.39 is 0 Å². The lowest BCUT2D eigenvalue weighted by molar-refractivity contribution is -0.144. The fraction of sp³-hybridized carbons (Fsp3) is 0.900. The van der Waals surface area contributed by atoms with Crippen LogP contribution in [0.2, 0.25) is 0 Å². The first kappa shape index (κ1) is 14.7. The zero-order valence-corrected chi connectivity index (χ0v) is 14.2. The van der Waals surface area contributed by atoms with Crippen LogP contribution in [0.1, 0.15) is 85.5 Å². The first-order valence-electron chi connectivity index (χ1n) is 9.01. The number of hydrogen-bond donors (Lipinski definition) is 0. The van der Waals surface area contributed by atoms with Crippen LogP contribution in [0.4, 0.5) is 0 Å². The average molecular weight is 274 g/mol. The molecule has 3 saturated carbocycles. The van der Waals surface area contributed by atoms with Crippen molar-refractivity contribution in [2.24, 2.45) is 28.1 Å². The monoisotopic (exact) mass is 274 g/mol. The van der Waals surface area contributed by atoms with Crippen LogP contribution in [-0.4, -0.2) is 0 Å². The van der Waals surface area contributed by atoms with Gasteiger partial charge in [0.25, 0.3) is 0 Å². The number of fused-ring (bicyclic) bond motifs is 3. The van der Waals surface area contributed by atoms with Gasteiger partial charge in [-0.2, -0.15) is 0 Å². The highest BCUT2D eigenvalue weighted by molar-refractivity contribution is 5.15. The fourth-order valence-corrected chi connectivity index (χ4v) is 6.94.